The monoisotopic (exact) mass is 353 g/mol. The van der Waals surface area contributed by atoms with Gasteiger partial charge in [-0.3, -0.25) is 0 Å². The van der Waals surface area contributed by atoms with Crippen LogP contribution in [0, 0.1) is 10.5 Å². The Hall–Kier alpha value is -0.880. The summed E-state index contributed by atoms with van der Waals surface area (Å²) >= 11 is 2.37. The van der Waals surface area contributed by atoms with Gasteiger partial charge in [0, 0.05) is 28.0 Å². The van der Waals surface area contributed by atoms with Crippen LogP contribution in [0.5, 0.6) is 0 Å². The van der Waals surface area contributed by atoms with Gasteiger partial charge < -0.3 is 9.88 Å². The standard InChI is InChI=1S/C14H16IN3/c1-10-2-5-13(6-14(10)15)18-8-12(17-9-18)7-16-11-3-4-11/h2,5-6,8-9,11,16H,3-4,7H2,1H3. The van der Waals surface area contributed by atoms with Crippen LogP contribution in [-0.4, -0.2) is 15.6 Å². The maximum absolute atomic E-state index is 4.44. The number of nitrogens with one attached hydrogen (secondary N) is 1. The quantitative estimate of drug-likeness (QED) is 0.857. The zero-order valence-electron chi connectivity index (χ0n) is 10.4. The first kappa shape index (κ1) is 12.2. The van der Waals surface area contributed by atoms with E-state index in [4.69, 9.17) is 0 Å². The molecule has 4 heteroatoms. The van der Waals surface area contributed by atoms with Crippen molar-refractivity contribution in [2.45, 2.75) is 32.4 Å². The van der Waals surface area contributed by atoms with E-state index in [1.54, 1.807) is 0 Å². The molecule has 94 valence electrons. The van der Waals surface area contributed by atoms with Gasteiger partial charge in [-0.05, 0) is 60.1 Å². The van der Waals surface area contributed by atoms with Crippen LogP contribution in [0.4, 0.5) is 0 Å². The van der Waals surface area contributed by atoms with Gasteiger partial charge in [-0.25, -0.2) is 4.98 Å². The highest BCUT2D eigenvalue weighted by Gasteiger charge is 2.20. The van der Waals surface area contributed by atoms with Gasteiger partial charge in [0.2, 0.25) is 0 Å². The molecule has 1 aromatic carbocycles. The molecule has 0 unspecified atom stereocenters. The van der Waals surface area contributed by atoms with Crippen molar-refractivity contribution >= 4 is 22.6 Å². The van der Waals surface area contributed by atoms with Gasteiger partial charge in [-0.15, -0.1) is 0 Å². The van der Waals surface area contributed by atoms with Gasteiger partial charge in [0.25, 0.3) is 0 Å². The van der Waals surface area contributed by atoms with E-state index in [-0.39, 0.29) is 0 Å². The highest BCUT2D eigenvalue weighted by atomic mass is 127. The normalized spacial score (nSPS) is 15.0. The van der Waals surface area contributed by atoms with Crippen molar-refractivity contribution in [3.05, 3.63) is 45.6 Å². The minimum Gasteiger partial charge on any atom is -0.308 e. The molecular formula is C14H16IN3. The smallest absolute Gasteiger partial charge is 0.0995 e. The fourth-order valence-electron chi connectivity index (χ4n) is 1.87. The van der Waals surface area contributed by atoms with Crippen LogP contribution in [0.25, 0.3) is 5.69 Å². The van der Waals surface area contributed by atoms with E-state index >= 15 is 0 Å². The summed E-state index contributed by atoms with van der Waals surface area (Å²) in [5.41, 5.74) is 3.60. The number of rotatable bonds is 4. The Balaban J connectivity index is 1.76. The minimum atomic E-state index is 0.732. The summed E-state index contributed by atoms with van der Waals surface area (Å²) in [5, 5.41) is 3.48. The van der Waals surface area contributed by atoms with Crippen LogP contribution in [0.1, 0.15) is 24.1 Å². The molecule has 0 saturated heterocycles. The van der Waals surface area contributed by atoms with Gasteiger partial charge in [0.1, 0.15) is 0 Å². The summed E-state index contributed by atoms with van der Waals surface area (Å²) in [5.74, 6) is 0. The average Bonchev–Trinajstić information content (AvgIpc) is 3.08. The fraction of sp³-hybridized carbons (Fsp3) is 0.357. The van der Waals surface area contributed by atoms with E-state index < -0.39 is 0 Å². The minimum absolute atomic E-state index is 0.732. The molecule has 18 heavy (non-hydrogen) atoms. The Labute approximate surface area is 121 Å². The number of nitrogens with zero attached hydrogens (tertiary/aromatic N) is 2. The van der Waals surface area contributed by atoms with Crippen LogP contribution in [-0.2, 0) is 6.54 Å². The van der Waals surface area contributed by atoms with Gasteiger partial charge in [0.15, 0.2) is 0 Å². The van der Waals surface area contributed by atoms with Crippen molar-refractivity contribution in [2.24, 2.45) is 0 Å². The number of hydrogen-bond acceptors (Lipinski definition) is 2. The molecule has 3 nitrogen and oxygen atoms in total. The lowest BCUT2D eigenvalue weighted by Gasteiger charge is -2.04. The van der Waals surface area contributed by atoms with Crippen molar-refractivity contribution in [1.82, 2.24) is 14.9 Å². The molecule has 0 bridgehead atoms. The van der Waals surface area contributed by atoms with Crippen molar-refractivity contribution in [1.29, 1.82) is 0 Å². The summed E-state index contributed by atoms with van der Waals surface area (Å²) in [6.45, 7) is 3.01. The molecule has 2 aromatic rings. The molecule has 0 aliphatic heterocycles. The highest BCUT2D eigenvalue weighted by Crippen LogP contribution is 2.20. The van der Waals surface area contributed by atoms with Crippen LogP contribution >= 0.6 is 22.6 Å². The number of hydrogen-bond donors (Lipinski definition) is 1. The van der Waals surface area contributed by atoms with Crippen molar-refractivity contribution < 1.29 is 0 Å². The molecule has 3 rings (SSSR count). The molecular weight excluding hydrogens is 337 g/mol. The predicted octanol–water partition coefficient (Wildman–Crippen LogP) is 3.04. The molecule has 1 aliphatic carbocycles. The van der Waals surface area contributed by atoms with Crippen LogP contribution in [0.15, 0.2) is 30.7 Å². The summed E-state index contributed by atoms with van der Waals surface area (Å²) in [6.07, 6.45) is 6.63. The van der Waals surface area contributed by atoms with E-state index in [0.29, 0.717) is 0 Å². The second kappa shape index (κ2) is 5.01. The molecule has 1 aliphatic rings. The van der Waals surface area contributed by atoms with Crippen LogP contribution in [0.3, 0.4) is 0 Å². The van der Waals surface area contributed by atoms with Gasteiger partial charge in [-0.1, -0.05) is 6.07 Å². The van der Waals surface area contributed by atoms with E-state index in [9.17, 15) is 0 Å². The van der Waals surface area contributed by atoms with E-state index in [2.05, 4.69) is 68.8 Å². The SMILES string of the molecule is Cc1ccc(-n2cnc(CNC3CC3)c2)cc1I. The largest absolute Gasteiger partial charge is 0.308 e. The molecule has 1 heterocycles. The Morgan fingerprint density at radius 1 is 1.44 bits per heavy atom. The maximum Gasteiger partial charge on any atom is 0.0995 e. The molecule has 0 atom stereocenters. The lowest BCUT2D eigenvalue weighted by molar-refractivity contribution is 0.677. The van der Waals surface area contributed by atoms with E-state index in [0.717, 1.165) is 18.3 Å². The molecule has 1 fully saturated rings. The Morgan fingerprint density at radius 2 is 2.28 bits per heavy atom. The molecule has 0 spiro atoms. The summed E-state index contributed by atoms with van der Waals surface area (Å²) in [6, 6.07) is 7.21. The number of imidazole rings is 1. The highest BCUT2D eigenvalue weighted by molar-refractivity contribution is 14.1. The summed E-state index contributed by atoms with van der Waals surface area (Å²) < 4.78 is 3.38. The topological polar surface area (TPSA) is 29.9 Å². The third-order valence-electron chi connectivity index (χ3n) is 3.24. The number of benzene rings is 1. The van der Waals surface area contributed by atoms with Crippen LogP contribution in [0.2, 0.25) is 0 Å². The van der Waals surface area contributed by atoms with Gasteiger partial charge in [0.05, 0.1) is 12.0 Å². The molecule has 0 amide bonds. The van der Waals surface area contributed by atoms with Crippen molar-refractivity contribution in [3.8, 4) is 5.69 Å². The zero-order chi connectivity index (χ0) is 12.5. The zero-order valence-corrected chi connectivity index (χ0v) is 12.5. The molecule has 1 saturated carbocycles. The summed E-state index contributed by atoms with van der Waals surface area (Å²) in [7, 11) is 0. The third kappa shape index (κ3) is 2.75. The lowest BCUT2D eigenvalue weighted by Crippen LogP contribution is -2.15. The van der Waals surface area contributed by atoms with Gasteiger partial charge in [-0.2, -0.15) is 0 Å². The third-order valence-corrected chi connectivity index (χ3v) is 4.40. The van der Waals surface area contributed by atoms with Crippen LogP contribution < -0.4 is 5.32 Å². The van der Waals surface area contributed by atoms with Gasteiger partial charge >= 0.3 is 0 Å². The van der Waals surface area contributed by atoms with E-state index in [1.165, 1.54) is 27.7 Å². The Bertz CT molecular complexity index is 558. The first-order chi connectivity index (χ1) is 8.72. The predicted molar refractivity (Wildman–Crippen MR) is 80.9 cm³/mol. The maximum atomic E-state index is 4.44. The first-order valence-electron chi connectivity index (χ1n) is 6.25. The van der Waals surface area contributed by atoms with Crippen molar-refractivity contribution in [3.63, 3.8) is 0 Å². The number of aromatic nitrogens is 2. The van der Waals surface area contributed by atoms with E-state index in [1.807, 2.05) is 6.33 Å². The number of halogens is 1. The molecule has 0 radical (unpaired) electrons. The second-order valence-corrected chi connectivity index (χ2v) is 6.02. The summed E-state index contributed by atoms with van der Waals surface area (Å²) in [4.78, 5) is 4.44. The lowest BCUT2D eigenvalue weighted by atomic mass is 10.2. The molecule has 1 N–H and O–H groups in total. The second-order valence-electron chi connectivity index (χ2n) is 4.86. The molecule has 1 aromatic heterocycles. The number of aryl methyl sites for hydroxylation is 1. The Kier molecular flexibility index (Phi) is 3.39. The first-order valence-corrected chi connectivity index (χ1v) is 7.33. The fourth-order valence-corrected chi connectivity index (χ4v) is 2.37. The average molecular weight is 353 g/mol. The van der Waals surface area contributed by atoms with Crippen molar-refractivity contribution in [2.75, 3.05) is 0 Å². The Morgan fingerprint density at radius 3 is 3.00 bits per heavy atom.